The Morgan fingerprint density at radius 1 is 0.943 bits per heavy atom. The Kier molecular flexibility index (Phi) is 5.58. The summed E-state index contributed by atoms with van der Waals surface area (Å²) in [7, 11) is 3.01. The maximum Gasteiger partial charge on any atom is 0.336 e. The first kappa shape index (κ1) is 22.0. The Labute approximate surface area is 198 Å². The molecule has 0 aliphatic heterocycles. The second kappa shape index (κ2) is 8.86. The van der Waals surface area contributed by atoms with Crippen molar-refractivity contribution >= 4 is 33.7 Å². The number of hydrogen-bond donors (Lipinski definition) is 1. The van der Waals surface area contributed by atoms with Crippen molar-refractivity contribution in [2.75, 3.05) is 19.5 Å². The van der Waals surface area contributed by atoms with Gasteiger partial charge in [0.25, 0.3) is 0 Å². The first-order valence-electron chi connectivity index (χ1n) is 10.8. The molecule has 0 aliphatic rings. The summed E-state index contributed by atoms with van der Waals surface area (Å²) >= 11 is 0. The molecule has 2 aromatic heterocycles. The molecule has 9 nitrogen and oxygen atoms in total. The van der Waals surface area contributed by atoms with Gasteiger partial charge in [0.1, 0.15) is 29.1 Å². The zero-order valence-electron chi connectivity index (χ0n) is 19.0. The molecular weight excluding hydrogens is 450 g/mol. The van der Waals surface area contributed by atoms with Crippen LogP contribution in [0, 0.1) is 0 Å². The summed E-state index contributed by atoms with van der Waals surface area (Å²) in [6.07, 6.45) is 0. The Balaban J connectivity index is 1.66. The third-order valence-electron chi connectivity index (χ3n) is 5.66. The number of rotatable bonds is 6. The molecule has 176 valence electrons. The van der Waals surface area contributed by atoms with Gasteiger partial charge in [0.15, 0.2) is 0 Å². The molecule has 0 unspecified atom stereocenters. The zero-order chi connectivity index (χ0) is 24.5. The van der Waals surface area contributed by atoms with E-state index in [1.165, 1.54) is 18.8 Å². The molecule has 0 bridgehead atoms. The number of carbonyl (C=O) groups is 1. The highest BCUT2D eigenvalue weighted by atomic mass is 16.5. The highest BCUT2D eigenvalue weighted by Gasteiger charge is 2.22. The largest absolute Gasteiger partial charge is 0.497 e. The van der Waals surface area contributed by atoms with Gasteiger partial charge in [-0.05, 0) is 36.4 Å². The molecule has 0 spiro atoms. The number of benzene rings is 3. The molecule has 5 rings (SSSR count). The van der Waals surface area contributed by atoms with Crippen LogP contribution in [-0.4, -0.2) is 29.3 Å². The highest BCUT2D eigenvalue weighted by Crippen LogP contribution is 2.29. The molecule has 2 heterocycles. The molecule has 5 aromatic rings. The predicted molar refractivity (Wildman–Crippen MR) is 132 cm³/mol. The second-order valence-corrected chi connectivity index (χ2v) is 7.74. The number of carbonyl (C=O) groups excluding carboxylic acids is 1. The molecule has 35 heavy (non-hydrogen) atoms. The number of fused-ring (bicyclic) bond motifs is 3. The van der Waals surface area contributed by atoms with Gasteiger partial charge in [0.2, 0.25) is 11.5 Å². The van der Waals surface area contributed by atoms with Gasteiger partial charge in [-0.15, -0.1) is 0 Å². The fourth-order valence-corrected chi connectivity index (χ4v) is 4.04. The Hall–Kier alpha value is -4.79. The fourth-order valence-electron chi connectivity index (χ4n) is 4.04. The van der Waals surface area contributed by atoms with Crippen LogP contribution in [-0.2, 0) is 11.3 Å². The van der Waals surface area contributed by atoms with E-state index in [1.807, 2.05) is 0 Å². The second-order valence-electron chi connectivity index (χ2n) is 7.74. The minimum absolute atomic E-state index is 0.00974. The predicted octanol–water partition coefficient (Wildman–Crippen LogP) is 3.55. The number of aromatic nitrogens is 2. The standard InChI is InChI=1S/C26H21N3O6/c1-33-17-12-13-19(21(14-17)34-2)27-22(30)15-28-23-18-10-6-7-11-20(18)35-24(23)25(31)29(26(28)32)16-8-4-3-5-9-16/h3-14H,15H2,1-2H3,(H,27,30). The van der Waals surface area contributed by atoms with Crippen molar-refractivity contribution < 1.29 is 18.7 Å². The number of nitrogens with one attached hydrogen (secondary N) is 1. The molecule has 0 saturated carbocycles. The lowest BCUT2D eigenvalue weighted by atomic mass is 10.2. The van der Waals surface area contributed by atoms with E-state index in [0.717, 1.165) is 4.57 Å². The minimum atomic E-state index is -0.655. The number of hydrogen-bond acceptors (Lipinski definition) is 6. The van der Waals surface area contributed by atoms with Crippen molar-refractivity contribution in [3.8, 4) is 17.2 Å². The van der Waals surface area contributed by atoms with Gasteiger partial charge >= 0.3 is 11.2 Å². The molecule has 9 heteroatoms. The Morgan fingerprint density at radius 3 is 2.43 bits per heavy atom. The van der Waals surface area contributed by atoms with Crippen molar-refractivity contribution in [1.29, 1.82) is 0 Å². The summed E-state index contributed by atoms with van der Waals surface area (Å²) in [5.41, 5.74) is 0.227. The van der Waals surface area contributed by atoms with E-state index in [4.69, 9.17) is 13.9 Å². The van der Waals surface area contributed by atoms with Crippen LogP contribution in [0.2, 0.25) is 0 Å². The van der Waals surface area contributed by atoms with E-state index in [2.05, 4.69) is 5.32 Å². The van der Waals surface area contributed by atoms with Crippen LogP contribution in [0.15, 0.2) is 86.8 Å². The molecule has 0 radical (unpaired) electrons. The quantitative estimate of drug-likeness (QED) is 0.406. The van der Waals surface area contributed by atoms with Crippen LogP contribution in [0.3, 0.4) is 0 Å². The van der Waals surface area contributed by atoms with Gasteiger partial charge in [0.05, 0.1) is 25.6 Å². The first-order chi connectivity index (χ1) is 17.0. The van der Waals surface area contributed by atoms with Gasteiger partial charge < -0.3 is 19.2 Å². The fraction of sp³-hybridized carbons (Fsp3) is 0.115. The molecule has 0 fully saturated rings. The SMILES string of the molecule is COc1ccc(NC(=O)Cn2c(=O)n(-c3ccccc3)c(=O)c3oc4ccccc4c32)c(OC)c1. The van der Waals surface area contributed by atoms with Crippen LogP contribution in [0.25, 0.3) is 27.8 Å². The molecule has 0 atom stereocenters. The Bertz CT molecular complexity index is 1680. The van der Waals surface area contributed by atoms with Crippen molar-refractivity contribution in [3.63, 3.8) is 0 Å². The lowest BCUT2D eigenvalue weighted by molar-refractivity contribution is -0.116. The summed E-state index contributed by atoms with van der Waals surface area (Å²) in [6, 6.07) is 20.5. The normalized spacial score (nSPS) is 11.0. The third-order valence-corrected chi connectivity index (χ3v) is 5.66. The first-order valence-corrected chi connectivity index (χ1v) is 10.8. The van der Waals surface area contributed by atoms with Gasteiger partial charge in [-0.1, -0.05) is 30.3 Å². The topological polar surface area (TPSA) is 105 Å². The van der Waals surface area contributed by atoms with E-state index in [0.29, 0.717) is 33.8 Å². The van der Waals surface area contributed by atoms with Crippen LogP contribution in [0.4, 0.5) is 5.69 Å². The van der Waals surface area contributed by atoms with Gasteiger partial charge in [0, 0.05) is 11.5 Å². The van der Waals surface area contributed by atoms with Crippen LogP contribution >= 0.6 is 0 Å². The summed E-state index contributed by atoms with van der Waals surface area (Å²) in [5, 5.41) is 3.33. The van der Waals surface area contributed by atoms with E-state index in [1.54, 1.807) is 72.8 Å². The number of amides is 1. The molecule has 1 amide bonds. The lowest BCUT2D eigenvalue weighted by Gasteiger charge is -2.14. The number of nitrogens with zero attached hydrogens (tertiary/aromatic N) is 2. The zero-order valence-corrected chi connectivity index (χ0v) is 19.0. The third kappa shape index (κ3) is 3.82. The molecular formula is C26H21N3O6. The monoisotopic (exact) mass is 471 g/mol. The smallest absolute Gasteiger partial charge is 0.336 e. The molecule has 3 aromatic carbocycles. The minimum Gasteiger partial charge on any atom is -0.497 e. The average molecular weight is 471 g/mol. The van der Waals surface area contributed by atoms with E-state index in [9.17, 15) is 14.4 Å². The molecule has 0 aliphatic carbocycles. The van der Waals surface area contributed by atoms with E-state index < -0.39 is 17.2 Å². The number of ether oxygens (including phenoxy) is 2. The summed E-state index contributed by atoms with van der Waals surface area (Å²) < 4.78 is 18.6. The summed E-state index contributed by atoms with van der Waals surface area (Å²) in [6.45, 7) is -0.360. The van der Waals surface area contributed by atoms with Crippen LogP contribution in [0.1, 0.15) is 0 Å². The van der Waals surface area contributed by atoms with Crippen LogP contribution in [0.5, 0.6) is 11.5 Å². The van der Waals surface area contributed by atoms with Crippen molar-refractivity contribution in [2.45, 2.75) is 6.54 Å². The maximum atomic E-state index is 13.6. The van der Waals surface area contributed by atoms with Crippen LogP contribution < -0.4 is 26.0 Å². The maximum absolute atomic E-state index is 13.6. The van der Waals surface area contributed by atoms with Gasteiger partial charge in [-0.3, -0.25) is 14.2 Å². The number of furan rings is 1. The summed E-state index contributed by atoms with van der Waals surface area (Å²) in [5.74, 6) is 0.483. The van der Waals surface area contributed by atoms with Gasteiger partial charge in [-0.2, -0.15) is 0 Å². The summed E-state index contributed by atoms with van der Waals surface area (Å²) in [4.78, 5) is 40.0. The molecule has 1 N–H and O–H groups in total. The van der Waals surface area contributed by atoms with Gasteiger partial charge in [-0.25, -0.2) is 9.36 Å². The Morgan fingerprint density at radius 2 is 1.69 bits per heavy atom. The number of methoxy groups -OCH3 is 2. The number of anilines is 1. The average Bonchev–Trinajstić information content (AvgIpc) is 3.27. The van der Waals surface area contributed by atoms with E-state index >= 15 is 0 Å². The highest BCUT2D eigenvalue weighted by molar-refractivity contribution is 6.03. The number of para-hydroxylation sites is 2. The van der Waals surface area contributed by atoms with E-state index in [-0.39, 0.29) is 17.6 Å². The van der Waals surface area contributed by atoms with Crippen molar-refractivity contribution in [2.24, 2.45) is 0 Å². The van der Waals surface area contributed by atoms with Crippen molar-refractivity contribution in [1.82, 2.24) is 9.13 Å². The lowest BCUT2D eigenvalue weighted by Crippen LogP contribution is -2.40. The van der Waals surface area contributed by atoms with Crippen molar-refractivity contribution in [3.05, 3.63) is 93.6 Å². The molecule has 0 saturated heterocycles.